The van der Waals surface area contributed by atoms with Crippen molar-refractivity contribution in [2.24, 2.45) is 23.3 Å². The smallest absolute Gasteiger partial charge is 0.326 e. The van der Waals surface area contributed by atoms with Crippen molar-refractivity contribution in [2.75, 3.05) is 0 Å². The van der Waals surface area contributed by atoms with Gasteiger partial charge in [-0.25, -0.2) is 9.78 Å². The number of nitrogens with zero attached hydrogens (tertiary/aromatic N) is 1. The van der Waals surface area contributed by atoms with Gasteiger partial charge in [-0.1, -0.05) is 34.1 Å². The molecule has 4 amide bonds. The van der Waals surface area contributed by atoms with Crippen LogP contribution in [0.5, 0.6) is 0 Å². The van der Waals surface area contributed by atoms with Gasteiger partial charge in [0, 0.05) is 18.3 Å². The Morgan fingerprint density at radius 3 is 2.14 bits per heavy atom. The molecule has 1 aromatic rings. The molecule has 0 aliphatic carbocycles. The highest BCUT2D eigenvalue weighted by atomic mass is 16.4. The summed E-state index contributed by atoms with van der Waals surface area (Å²) in [6.45, 7) is 7.26. The molecule has 13 heteroatoms. The zero-order chi connectivity index (χ0) is 26.7. The van der Waals surface area contributed by atoms with Gasteiger partial charge in [0.1, 0.15) is 18.1 Å². The second kappa shape index (κ2) is 14.0. The predicted molar refractivity (Wildman–Crippen MR) is 126 cm³/mol. The minimum atomic E-state index is -1.53. The summed E-state index contributed by atoms with van der Waals surface area (Å²) in [5.74, 6) is -4.60. The highest BCUT2D eigenvalue weighted by Gasteiger charge is 2.33. The van der Waals surface area contributed by atoms with Crippen LogP contribution in [0.1, 0.15) is 52.7 Å². The summed E-state index contributed by atoms with van der Waals surface area (Å²) in [6, 6.07) is -4.55. The lowest BCUT2D eigenvalue weighted by Crippen LogP contribution is -2.59. The third-order valence-corrected chi connectivity index (χ3v) is 5.48. The molecule has 0 saturated heterocycles. The standard InChI is InChI=1S/C22H37N7O6/c1-5-12(4)18(21(33)28-16(22(34)35)8-17(24)30)29-20(32)15(6-11(2)3)27-19(31)14(23)7-13-9-25-10-26-13/h9-12,14-16,18H,5-8,23H2,1-4H3,(H2,24,30)(H,25,26)(H,27,31)(H,28,33)(H,29,32)(H,34,35). The number of carbonyl (C=O) groups excluding carboxylic acids is 4. The molecular weight excluding hydrogens is 458 g/mol. The molecule has 0 saturated carbocycles. The van der Waals surface area contributed by atoms with E-state index in [-0.39, 0.29) is 24.7 Å². The fourth-order valence-electron chi connectivity index (χ4n) is 3.33. The SMILES string of the molecule is CCC(C)C(NC(=O)C(CC(C)C)NC(=O)C(N)Cc1cnc[nH]1)C(=O)NC(CC(N)=O)C(=O)O. The summed E-state index contributed by atoms with van der Waals surface area (Å²) in [4.78, 5) is 68.0. The highest BCUT2D eigenvalue weighted by molar-refractivity contribution is 5.95. The molecule has 196 valence electrons. The Labute approximate surface area is 204 Å². The first-order valence-electron chi connectivity index (χ1n) is 11.5. The van der Waals surface area contributed by atoms with Gasteiger partial charge in [-0.2, -0.15) is 0 Å². The second-order valence-electron chi connectivity index (χ2n) is 9.02. The molecule has 0 spiro atoms. The van der Waals surface area contributed by atoms with Crippen molar-refractivity contribution in [1.82, 2.24) is 25.9 Å². The number of carboxylic acids is 1. The number of H-pyrrole nitrogens is 1. The fraction of sp³-hybridized carbons (Fsp3) is 0.636. The van der Waals surface area contributed by atoms with Crippen molar-refractivity contribution in [1.29, 1.82) is 0 Å². The first-order chi connectivity index (χ1) is 16.3. The van der Waals surface area contributed by atoms with Gasteiger partial charge in [-0.3, -0.25) is 19.2 Å². The Morgan fingerprint density at radius 1 is 1.03 bits per heavy atom. The van der Waals surface area contributed by atoms with E-state index in [0.717, 1.165) is 0 Å². The number of primary amides is 1. The molecule has 0 radical (unpaired) electrons. The van der Waals surface area contributed by atoms with Crippen molar-refractivity contribution in [3.8, 4) is 0 Å². The molecule has 1 aromatic heterocycles. The van der Waals surface area contributed by atoms with Gasteiger partial charge in [0.25, 0.3) is 0 Å². The number of hydrogen-bond acceptors (Lipinski definition) is 7. The summed E-state index contributed by atoms with van der Waals surface area (Å²) >= 11 is 0. The van der Waals surface area contributed by atoms with E-state index in [1.54, 1.807) is 20.0 Å². The Hall–Kier alpha value is -3.48. The fourth-order valence-corrected chi connectivity index (χ4v) is 3.33. The van der Waals surface area contributed by atoms with Crippen LogP contribution >= 0.6 is 0 Å². The van der Waals surface area contributed by atoms with Crippen LogP contribution in [-0.2, 0) is 30.4 Å². The molecule has 35 heavy (non-hydrogen) atoms. The van der Waals surface area contributed by atoms with Gasteiger partial charge in [-0.15, -0.1) is 0 Å². The van der Waals surface area contributed by atoms with Crippen LogP contribution in [0.4, 0.5) is 0 Å². The molecule has 0 aromatic carbocycles. The van der Waals surface area contributed by atoms with E-state index in [2.05, 4.69) is 25.9 Å². The zero-order valence-corrected chi connectivity index (χ0v) is 20.5. The number of aromatic amines is 1. The maximum absolute atomic E-state index is 13.1. The molecule has 9 N–H and O–H groups in total. The number of imidazole rings is 1. The molecule has 1 rings (SSSR count). The van der Waals surface area contributed by atoms with Gasteiger partial charge in [0.15, 0.2) is 0 Å². The number of carbonyl (C=O) groups is 5. The molecule has 13 nitrogen and oxygen atoms in total. The molecule has 0 fully saturated rings. The van der Waals surface area contributed by atoms with E-state index in [4.69, 9.17) is 11.5 Å². The first-order valence-corrected chi connectivity index (χ1v) is 11.5. The number of hydrogen-bond donors (Lipinski definition) is 7. The number of amides is 4. The maximum atomic E-state index is 13.1. The topological polar surface area (TPSA) is 222 Å². The number of rotatable bonds is 15. The van der Waals surface area contributed by atoms with E-state index in [9.17, 15) is 29.1 Å². The highest BCUT2D eigenvalue weighted by Crippen LogP contribution is 2.12. The monoisotopic (exact) mass is 495 g/mol. The predicted octanol–water partition coefficient (Wildman–Crippen LogP) is -1.21. The van der Waals surface area contributed by atoms with Crippen molar-refractivity contribution in [3.63, 3.8) is 0 Å². The van der Waals surface area contributed by atoms with Crippen LogP contribution in [0.25, 0.3) is 0 Å². The Kier molecular flexibility index (Phi) is 11.9. The third kappa shape index (κ3) is 10.1. The molecule has 0 bridgehead atoms. The Bertz CT molecular complexity index is 874. The van der Waals surface area contributed by atoms with E-state index in [0.29, 0.717) is 12.1 Å². The van der Waals surface area contributed by atoms with E-state index >= 15 is 0 Å². The van der Waals surface area contributed by atoms with Crippen molar-refractivity contribution in [3.05, 3.63) is 18.2 Å². The number of nitrogens with two attached hydrogens (primary N) is 2. The molecule has 0 aliphatic heterocycles. The van der Waals surface area contributed by atoms with E-state index in [1.807, 2.05) is 13.8 Å². The van der Waals surface area contributed by atoms with Crippen LogP contribution in [-0.4, -0.2) is 68.8 Å². The van der Waals surface area contributed by atoms with Gasteiger partial charge in [0.2, 0.25) is 23.6 Å². The summed E-state index contributed by atoms with van der Waals surface area (Å²) in [7, 11) is 0. The average molecular weight is 496 g/mol. The van der Waals surface area contributed by atoms with Gasteiger partial charge < -0.3 is 37.5 Å². The molecule has 5 unspecified atom stereocenters. The normalized spacial score (nSPS) is 15.4. The lowest BCUT2D eigenvalue weighted by molar-refractivity contribution is -0.144. The lowest BCUT2D eigenvalue weighted by Gasteiger charge is -2.28. The van der Waals surface area contributed by atoms with Crippen LogP contribution in [0, 0.1) is 11.8 Å². The largest absolute Gasteiger partial charge is 0.480 e. The quantitative estimate of drug-likeness (QED) is 0.156. The van der Waals surface area contributed by atoms with Crippen LogP contribution in [0.2, 0.25) is 0 Å². The molecule has 5 atom stereocenters. The zero-order valence-electron chi connectivity index (χ0n) is 20.5. The Morgan fingerprint density at radius 2 is 1.66 bits per heavy atom. The van der Waals surface area contributed by atoms with E-state index < -0.39 is 60.2 Å². The second-order valence-corrected chi connectivity index (χ2v) is 9.02. The lowest BCUT2D eigenvalue weighted by atomic mass is 9.96. The van der Waals surface area contributed by atoms with Crippen LogP contribution in [0.15, 0.2) is 12.5 Å². The average Bonchev–Trinajstić information content (AvgIpc) is 3.27. The number of nitrogens with one attached hydrogen (secondary N) is 4. The van der Waals surface area contributed by atoms with Gasteiger partial charge in [0.05, 0.1) is 18.8 Å². The summed E-state index contributed by atoms with van der Waals surface area (Å²) in [5.41, 5.74) is 11.7. The minimum Gasteiger partial charge on any atom is -0.480 e. The summed E-state index contributed by atoms with van der Waals surface area (Å²) < 4.78 is 0. The van der Waals surface area contributed by atoms with Gasteiger partial charge in [-0.05, 0) is 18.3 Å². The minimum absolute atomic E-state index is 0.0257. The van der Waals surface area contributed by atoms with Gasteiger partial charge >= 0.3 is 5.97 Å². The maximum Gasteiger partial charge on any atom is 0.326 e. The molecule has 1 heterocycles. The number of aromatic nitrogens is 2. The van der Waals surface area contributed by atoms with Crippen LogP contribution in [0.3, 0.4) is 0 Å². The summed E-state index contributed by atoms with van der Waals surface area (Å²) in [6.07, 6.45) is 3.38. The molecule has 0 aliphatic rings. The van der Waals surface area contributed by atoms with Crippen molar-refractivity contribution < 1.29 is 29.1 Å². The number of carboxylic acid groups (broad SMARTS) is 1. The van der Waals surface area contributed by atoms with E-state index in [1.165, 1.54) is 6.33 Å². The van der Waals surface area contributed by atoms with Crippen LogP contribution < -0.4 is 27.4 Å². The van der Waals surface area contributed by atoms with Crippen molar-refractivity contribution >= 4 is 29.6 Å². The first kappa shape index (κ1) is 29.6. The van der Waals surface area contributed by atoms with Crippen molar-refractivity contribution in [2.45, 2.75) is 77.5 Å². The Balaban J connectivity index is 2.98. The summed E-state index contributed by atoms with van der Waals surface area (Å²) in [5, 5.41) is 16.8. The molecular formula is C22H37N7O6. The third-order valence-electron chi connectivity index (χ3n) is 5.48. The number of aliphatic carboxylic acids is 1.